The van der Waals surface area contributed by atoms with Crippen molar-refractivity contribution in [1.29, 1.82) is 0 Å². The maximum absolute atomic E-state index is 12.3. The van der Waals surface area contributed by atoms with Gasteiger partial charge in [-0.3, -0.25) is 4.79 Å². The minimum absolute atomic E-state index is 0.138. The van der Waals surface area contributed by atoms with E-state index >= 15 is 0 Å². The van der Waals surface area contributed by atoms with E-state index in [1.807, 2.05) is 36.4 Å². The van der Waals surface area contributed by atoms with Gasteiger partial charge >= 0.3 is 0 Å². The molecular formula is C18H16N2O4S. The van der Waals surface area contributed by atoms with Gasteiger partial charge in [0, 0.05) is 17.7 Å². The van der Waals surface area contributed by atoms with Crippen LogP contribution in [-0.4, -0.2) is 31.2 Å². The maximum Gasteiger partial charge on any atom is 0.230 e. The first-order valence-electron chi connectivity index (χ1n) is 7.85. The summed E-state index contributed by atoms with van der Waals surface area (Å²) in [6.45, 7) is 1.07. The third-order valence-corrected chi connectivity index (χ3v) is 4.78. The molecule has 0 fully saturated rings. The van der Waals surface area contributed by atoms with E-state index < -0.39 is 0 Å². The Morgan fingerprint density at radius 1 is 1.24 bits per heavy atom. The fourth-order valence-corrected chi connectivity index (χ4v) is 3.60. The van der Waals surface area contributed by atoms with Crippen molar-refractivity contribution in [3.8, 4) is 17.2 Å². The molecule has 1 aliphatic rings. The predicted octanol–water partition coefficient (Wildman–Crippen LogP) is 3.26. The quantitative estimate of drug-likeness (QED) is 0.777. The van der Waals surface area contributed by atoms with Gasteiger partial charge in [-0.1, -0.05) is 29.5 Å². The Bertz CT molecular complexity index is 895. The summed E-state index contributed by atoms with van der Waals surface area (Å²) in [5.41, 5.74) is 1.61. The van der Waals surface area contributed by atoms with Crippen LogP contribution in [0.3, 0.4) is 0 Å². The number of amides is 1. The number of carbonyl (C=O) groups is 1. The van der Waals surface area contributed by atoms with Gasteiger partial charge in [0.1, 0.15) is 19.0 Å². The summed E-state index contributed by atoms with van der Waals surface area (Å²) in [6.07, 6.45) is 0.225. The summed E-state index contributed by atoms with van der Waals surface area (Å²) in [5.74, 6) is 1.97. The van der Waals surface area contributed by atoms with E-state index in [9.17, 15) is 4.79 Å². The molecule has 1 amide bonds. The highest BCUT2D eigenvalue weighted by Crippen LogP contribution is 2.37. The molecule has 6 nitrogen and oxygen atoms in total. The molecule has 0 radical (unpaired) electrons. The van der Waals surface area contributed by atoms with E-state index in [0.29, 0.717) is 35.6 Å². The van der Waals surface area contributed by atoms with Crippen LogP contribution in [0.15, 0.2) is 36.4 Å². The summed E-state index contributed by atoms with van der Waals surface area (Å²) in [4.78, 5) is 16.8. The summed E-state index contributed by atoms with van der Waals surface area (Å²) in [6, 6.07) is 11.2. The molecule has 0 atom stereocenters. The number of ether oxygens (including phenoxy) is 3. The number of nitrogens with zero attached hydrogens (tertiary/aromatic N) is 1. The fourth-order valence-electron chi connectivity index (χ4n) is 2.70. The highest BCUT2D eigenvalue weighted by atomic mass is 32.1. The maximum atomic E-state index is 12.3. The Hall–Kier alpha value is -2.80. The van der Waals surface area contributed by atoms with Crippen molar-refractivity contribution in [2.75, 3.05) is 25.6 Å². The number of nitrogens with one attached hydrogen (secondary N) is 1. The molecule has 1 aromatic heterocycles. The number of hydrogen-bond donors (Lipinski definition) is 1. The average molecular weight is 356 g/mol. The van der Waals surface area contributed by atoms with E-state index in [1.54, 1.807) is 7.11 Å². The number of rotatable bonds is 4. The van der Waals surface area contributed by atoms with Crippen LogP contribution in [0.2, 0.25) is 0 Å². The minimum Gasteiger partial charge on any atom is -0.496 e. The second-order valence-electron chi connectivity index (χ2n) is 5.52. The van der Waals surface area contributed by atoms with Gasteiger partial charge in [0.2, 0.25) is 5.91 Å². The number of thiazole rings is 1. The van der Waals surface area contributed by atoms with Gasteiger partial charge in [-0.2, -0.15) is 0 Å². The van der Waals surface area contributed by atoms with Crippen LogP contribution in [0.5, 0.6) is 17.2 Å². The third-order valence-electron chi connectivity index (χ3n) is 3.84. The summed E-state index contributed by atoms with van der Waals surface area (Å²) in [5, 5.41) is 3.41. The van der Waals surface area contributed by atoms with Gasteiger partial charge in [-0.15, -0.1) is 0 Å². The molecule has 1 N–H and O–H groups in total. The molecule has 25 heavy (non-hydrogen) atoms. The lowest BCUT2D eigenvalue weighted by Crippen LogP contribution is -2.15. The Morgan fingerprint density at radius 2 is 2.00 bits per heavy atom. The van der Waals surface area contributed by atoms with E-state index in [2.05, 4.69) is 10.3 Å². The predicted molar refractivity (Wildman–Crippen MR) is 95.9 cm³/mol. The molecule has 0 saturated carbocycles. The fraction of sp³-hybridized carbons (Fsp3) is 0.222. The zero-order valence-electron chi connectivity index (χ0n) is 13.6. The average Bonchev–Trinajstić information content (AvgIpc) is 3.00. The number of methoxy groups -OCH3 is 1. The minimum atomic E-state index is -0.138. The van der Waals surface area contributed by atoms with Crippen LogP contribution < -0.4 is 19.5 Å². The molecule has 1 aliphatic heterocycles. The molecule has 0 bridgehead atoms. The van der Waals surface area contributed by atoms with Gasteiger partial charge in [-0.05, 0) is 6.07 Å². The first kappa shape index (κ1) is 15.7. The number of para-hydroxylation sites is 1. The van der Waals surface area contributed by atoms with Crippen molar-refractivity contribution < 1.29 is 19.0 Å². The van der Waals surface area contributed by atoms with Crippen molar-refractivity contribution in [3.63, 3.8) is 0 Å². The smallest absolute Gasteiger partial charge is 0.230 e. The van der Waals surface area contributed by atoms with Crippen molar-refractivity contribution in [2.24, 2.45) is 0 Å². The van der Waals surface area contributed by atoms with Crippen molar-refractivity contribution in [1.82, 2.24) is 4.98 Å². The number of aromatic nitrogens is 1. The summed E-state index contributed by atoms with van der Waals surface area (Å²) < 4.78 is 17.4. The van der Waals surface area contributed by atoms with E-state index in [4.69, 9.17) is 14.2 Å². The van der Waals surface area contributed by atoms with E-state index in [-0.39, 0.29) is 12.3 Å². The molecular weight excluding hydrogens is 340 g/mol. The van der Waals surface area contributed by atoms with Crippen LogP contribution in [0, 0.1) is 0 Å². The van der Waals surface area contributed by atoms with Crippen molar-refractivity contribution in [3.05, 3.63) is 42.0 Å². The van der Waals surface area contributed by atoms with Crippen LogP contribution in [0.25, 0.3) is 10.2 Å². The van der Waals surface area contributed by atoms with Crippen LogP contribution >= 0.6 is 11.3 Å². The highest BCUT2D eigenvalue weighted by Gasteiger charge is 2.16. The third kappa shape index (κ3) is 3.23. The lowest BCUT2D eigenvalue weighted by atomic mass is 10.1. The zero-order chi connectivity index (χ0) is 17.2. The Balaban J connectivity index is 1.53. The second kappa shape index (κ2) is 6.60. The second-order valence-corrected chi connectivity index (χ2v) is 6.55. The lowest BCUT2D eigenvalue weighted by Gasteiger charge is -2.17. The van der Waals surface area contributed by atoms with E-state index in [1.165, 1.54) is 11.3 Å². The number of hydrogen-bond acceptors (Lipinski definition) is 6. The summed E-state index contributed by atoms with van der Waals surface area (Å²) >= 11 is 1.41. The molecule has 4 rings (SSSR count). The molecule has 7 heteroatoms. The molecule has 0 saturated heterocycles. The molecule has 3 aromatic rings. The number of anilines is 1. The largest absolute Gasteiger partial charge is 0.496 e. The highest BCUT2D eigenvalue weighted by molar-refractivity contribution is 7.22. The van der Waals surface area contributed by atoms with Crippen LogP contribution in [0.4, 0.5) is 5.13 Å². The SMILES string of the molecule is COc1ccccc1CC(=O)Nc1nc2cc3c(cc2s1)OCCO3. The Morgan fingerprint density at radius 3 is 2.80 bits per heavy atom. The van der Waals surface area contributed by atoms with E-state index in [0.717, 1.165) is 15.8 Å². The normalized spacial score (nSPS) is 12.8. The Labute approximate surface area is 148 Å². The van der Waals surface area contributed by atoms with Gasteiger partial charge in [0.05, 0.1) is 23.7 Å². The molecule has 0 spiro atoms. The monoisotopic (exact) mass is 356 g/mol. The molecule has 128 valence electrons. The van der Waals surface area contributed by atoms with Crippen molar-refractivity contribution >= 4 is 32.6 Å². The lowest BCUT2D eigenvalue weighted by molar-refractivity contribution is -0.115. The zero-order valence-corrected chi connectivity index (χ0v) is 14.4. The number of fused-ring (bicyclic) bond motifs is 2. The standard InChI is InChI=1S/C18H16N2O4S/c1-22-13-5-3-2-4-11(13)8-17(21)20-18-19-12-9-14-15(10-16(12)25-18)24-7-6-23-14/h2-5,9-10H,6-8H2,1H3,(H,19,20,21). The van der Waals surface area contributed by atoms with Crippen LogP contribution in [0.1, 0.15) is 5.56 Å². The molecule has 0 unspecified atom stereocenters. The van der Waals surface area contributed by atoms with Gasteiger partial charge < -0.3 is 19.5 Å². The number of carbonyl (C=O) groups excluding carboxylic acids is 1. The molecule has 2 heterocycles. The molecule has 0 aliphatic carbocycles. The number of benzene rings is 2. The summed E-state index contributed by atoms with van der Waals surface area (Å²) in [7, 11) is 1.59. The van der Waals surface area contributed by atoms with Gasteiger partial charge in [0.15, 0.2) is 16.6 Å². The van der Waals surface area contributed by atoms with Crippen LogP contribution in [-0.2, 0) is 11.2 Å². The van der Waals surface area contributed by atoms with Crippen molar-refractivity contribution in [2.45, 2.75) is 6.42 Å². The molecule has 2 aromatic carbocycles. The van der Waals surface area contributed by atoms with Gasteiger partial charge in [0.25, 0.3) is 0 Å². The Kier molecular flexibility index (Phi) is 4.15. The first-order valence-corrected chi connectivity index (χ1v) is 8.66. The first-order chi connectivity index (χ1) is 12.2. The topological polar surface area (TPSA) is 69.7 Å². The van der Waals surface area contributed by atoms with Gasteiger partial charge in [-0.25, -0.2) is 4.98 Å².